The van der Waals surface area contributed by atoms with E-state index in [4.69, 9.17) is 9.47 Å². The Hall–Kier alpha value is -1.59. The van der Waals surface area contributed by atoms with E-state index in [-0.39, 0.29) is 18.2 Å². The number of nitrogens with one attached hydrogen (secondary N) is 2. The lowest BCUT2D eigenvalue weighted by atomic mass is 10.0. The van der Waals surface area contributed by atoms with Gasteiger partial charge in [0.2, 0.25) is 0 Å². The second-order valence-corrected chi connectivity index (χ2v) is 5.68. The highest BCUT2D eigenvalue weighted by molar-refractivity contribution is 5.74. The third-order valence-corrected chi connectivity index (χ3v) is 4.11. The maximum absolute atomic E-state index is 12.0. The molecule has 0 saturated carbocycles. The van der Waals surface area contributed by atoms with Gasteiger partial charge in [0.1, 0.15) is 6.10 Å². The summed E-state index contributed by atoms with van der Waals surface area (Å²) in [6, 6.07) is 9.97. The van der Waals surface area contributed by atoms with E-state index in [0.717, 1.165) is 31.6 Å². The smallest absolute Gasteiger partial charge is 0.315 e. The van der Waals surface area contributed by atoms with Gasteiger partial charge in [0.05, 0.1) is 12.6 Å². The monoisotopic (exact) mass is 290 g/mol. The van der Waals surface area contributed by atoms with Crippen molar-refractivity contribution in [2.45, 2.75) is 25.0 Å². The first-order valence-electron chi connectivity index (χ1n) is 7.61. The molecule has 0 radical (unpaired) electrons. The Kier molecular flexibility index (Phi) is 4.72. The van der Waals surface area contributed by atoms with Gasteiger partial charge < -0.3 is 20.1 Å². The summed E-state index contributed by atoms with van der Waals surface area (Å²) in [7, 11) is 0. The van der Waals surface area contributed by atoms with Crippen LogP contribution in [-0.2, 0) is 9.47 Å². The molecule has 21 heavy (non-hydrogen) atoms. The Morgan fingerprint density at radius 1 is 1.19 bits per heavy atom. The molecule has 5 heteroatoms. The number of carbonyl (C=O) groups is 1. The molecular weight excluding hydrogens is 268 g/mol. The summed E-state index contributed by atoms with van der Waals surface area (Å²) in [6.07, 6.45) is 1.82. The molecule has 5 nitrogen and oxygen atoms in total. The molecule has 2 heterocycles. The summed E-state index contributed by atoms with van der Waals surface area (Å²) in [5, 5.41) is 5.97. The van der Waals surface area contributed by atoms with E-state index in [2.05, 4.69) is 10.6 Å². The Bertz CT molecular complexity index is 460. The van der Waals surface area contributed by atoms with E-state index in [1.807, 2.05) is 30.3 Å². The standard InChI is InChI=1S/C16H22N2O3/c19-16(17-10-12-6-8-20-11-12)18-14-7-9-21-15(14)13-4-2-1-3-5-13/h1-5,12,14-15H,6-11H2,(H2,17,18,19). The molecule has 0 aromatic heterocycles. The van der Waals surface area contributed by atoms with Crippen molar-refractivity contribution in [3.05, 3.63) is 35.9 Å². The fourth-order valence-electron chi connectivity index (χ4n) is 2.91. The lowest BCUT2D eigenvalue weighted by molar-refractivity contribution is 0.0999. The van der Waals surface area contributed by atoms with Gasteiger partial charge in [-0.05, 0) is 18.4 Å². The van der Waals surface area contributed by atoms with Crippen LogP contribution in [0.2, 0.25) is 0 Å². The van der Waals surface area contributed by atoms with Gasteiger partial charge in [-0.2, -0.15) is 0 Å². The zero-order chi connectivity index (χ0) is 14.5. The summed E-state index contributed by atoms with van der Waals surface area (Å²) in [5.41, 5.74) is 1.12. The first-order valence-corrected chi connectivity index (χ1v) is 7.61. The van der Waals surface area contributed by atoms with E-state index in [1.54, 1.807) is 0 Å². The molecule has 2 amide bonds. The lowest BCUT2D eigenvalue weighted by Gasteiger charge is -2.21. The number of urea groups is 1. The van der Waals surface area contributed by atoms with Crippen molar-refractivity contribution >= 4 is 6.03 Å². The van der Waals surface area contributed by atoms with E-state index in [9.17, 15) is 4.79 Å². The van der Waals surface area contributed by atoms with Gasteiger partial charge in [-0.15, -0.1) is 0 Å². The first kappa shape index (κ1) is 14.4. The molecule has 0 aliphatic carbocycles. The zero-order valence-electron chi connectivity index (χ0n) is 12.1. The van der Waals surface area contributed by atoms with Gasteiger partial charge in [-0.25, -0.2) is 4.79 Å². The largest absolute Gasteiger partial charge is 0.381 e. The van der Waals surface area contributed by atoms with E-state index < -0.39 is 0 Å². The Balaban J connectivity index is 1.50. The number of rotatable bonds is 4. The maximum Gasteiger partial charge on any atom is 0.315 e. The Morgan fingerprint density at radius 3 is 2.81 bits per heavy atom. The minimum atomic E-state index is -0.113. The third-order valence-electron chi connectivity index (χ3n) is 4.11. The van der Waals surface area contributed by atoms with Gasteiger partial charge >= 0.3 is 6.03 Å². The SMILES string of the molecule is O=C(NCC1CCOC1)NC1CCOC1c1ccccc1. The fraction of sp³-hybridized carbons (Fsp3) is 0.562. The van der Waals surface area contributed by atoms with Crippen LogP contribution in [0.15, 0.2) is 30.3 Å². The summed E-state index contributed by atoms with van der Waals surface area (Å²) in [5.74, 6) is 0.445. The molecule has 0 spiro atoms. The van der Waals surface area contributed by atoms with E-state index in [1.165, 1.54) is 0 Å². The number of ether oxygens (including phenoxy) is 2. The molecule has 3 unspecified atom stereocenters. The van der Waals surface area contributed by atoms with Crippen LogP contribution in [0, 0.1) is 5.92 Å². The molecule has 2 aliphatic rings. The maximum atomic E-state index is 12.0. The van der Waals surface area contributed by atoms with Gasteiger partial charge in [-0.1, -0.05) is 30.3 Å². The highest BCUT2D eigenvalue weighted by Crippen LogP contribution is 2.28. The highest BCUT2D eigenvalue weighted by Gasteiger charge is 2.30. The average Bonchev–Trinajstić information content (AvgIpc) is 3.17. The number of carbonyl (C=O) groups excluding carboxylic acids is 1. The number of benzene rings is 1. The summed E-state index contributed by atoms with van der Waals surface area (Å²) in [6.45, 7) is 2.91. The van der Waals surface area contributed by atoms with Crippen molar-refractivity contribution in [2.75, 3.05) is 26.4 Å². The summed E-state index contributed by atoms with van der Waals surface area (Å²) < 4.78 is 11.1. The Morgan fingerprint density at radius 2 is 2.05 bits per heavy atom. The molecule has 2 saturated heterocycles. The van der Waals surface area contributed by atoms with Gasteiger partial charge in [0.15, 0.2) is 0 Å². The van der Waals surface area contributed by atoms with Gasteiger partial charge in [-0.3, -0.25) is 0 Å². The normalized spacial score (nSPS) is 28.5. The quantitative estimate of drug-likeness (QED) is 0.889. The molecule has 2 aliphatic heterocycles. The van der Waals surface area contributed by atoms with Crippen molar-refractivity contribution < 1.29 is 14.3 Å². The molecule has 1 aromatic carbocycles. The van der Waals surface area contributed by atoms with Crippen LogP contribution in [0.5, 0.6) is 0 Å². The second kappa shape index (κ2) is 6.91. The Labute approximate surface area is 125 Å². The topological polar surface area (TPSA) is 59.6 Å². The van der Waals surface area contributed by atoms with Crippen molar-refractivity contribution in [1.82, 2.24) is 10.6 Å². The van der Waals surface area contributed by atoms with E-state index in [0.29, 0.717) is 19.1 Å². The van der Waals surface area contributed by atoms with Crippen molar-refractivity contribution in [3.63, 3.8) is 0 Å². The number of hydrogen-bond donors (Lipinski definition) is 2. The van der Waals surface area contributed by atoms with Crippen LogP contribution in [0.25, 0.3) is 0 Å². The van der Waals surface area contributed by atoms with Gasteiger partial charge in [0.25, 0.3) is 0 Å². The minimum absolute atomic E-state index is 0.0345. The molecular formula is C16H22N2O3. The molecule has 3 rings (SSSR count). The van der Waals surface area contributed by atoms with Crippen LogP contribution in [-0.4, -0.2) is 38.4 Å². The molecule has 2 N–H and O–H groups in total. The van der Waals surface area contributed by atoms with Crippen LogP contribution in [0.1, 0.15) is 24.5 Å². The molecule has 0 bridgehead atoms. The minimum Gasteiger partial charge on any atom is -0.381 e. The zero-order valence-corrected chi connectivity index (χ0v) is 12.1. The average molecular weight is 290 g/mol. The molecule has 2 fully saturated rings. The summed E-state index contributed by atoms with van der Waals surface area (Å²) >= 11 is 0. The highest BCUT2D eigenvalue weighted by atomic mass is 16.5. The third kappa shape index (κ3) is 3.74. The lowest BCUT2D eigenvalue weighted by Crippen LogP contribution is -2.44. The van der Waals surface area contributed by atoms with E-state index >= 15 is 0 Å². The fourth-order valence-corrected chi connectivity index (χ4v) is 2.91. The molecule has 114 valence electrons. The van der Waals surface area contributed by atoms with Crippen LogP contribution in [0.3, 0.4) is 0 Å². The molecule has 3 atom stereocenters. The number of amides is 2. The van der Waals surface area contributed by atoms with Gasteiger partial charge in [0, 0.05) is 25.7 Å². The summed E-state index contributed by atoms with van der Waals surface area (Å²) in [4.78, 5) is 12.0. The van der Waals surface area contributed by atoms with Crippen LogP contribution in [0.4, 0.5) is 4.79 Å². The van der Waals surface area contributed by atoms with Crippen LogP contribution >= 0.6 is 0 Å². The predicted octanol–water partition coefficient (Wildman–Crippen LogP) is 1.85. The van der Waals surface area contributed by atoms with Crippen molar-refractivity contribution in [2.24, 2.45) is 5.92 Å². The second-order valence-electron chi connectivity index (χ2n) is 5.68. The van der Waals surface area contributed by atoms with Crippen LogP contribution < -0.4 is 10.6 Å². The van der Waals surface area contributed by atoms with Crippen molar-refractivity contribution in [3.8, 4) is 0 Å². The first-order chi connectivity index (χ1) is 10.3. The van der Waals surface area contributed by atoms with Crippen molar-refractivity contribution in [1.29, 1.82) is 0 Å². The predicted molar refractivity (Wildman–Crippen MR) is 79.0 cm³/mol. The molecule has 1 aromatic rings. The number of hydrogen-bond acceptors (Lipinski definition) is 3.